The van der Waals surface area contributed by atoms with Crippen molar-refractivity contribution in [3.8, 4) is 0 Å². The average Bonchev–Trinajstić information content (AvgIpc) is 2.83. The number of amides is 1. The average molecular weight is 238 g/mol. The zero-order valence-electron chi connectivity index (χ0n) is 9.53. The monoisotopic (exact) mass is 238 g/mol. The van der Waals surface area contributed by atoms with Crippen molar-refractivity contribution in [3.05, 3.63) is 22.4 Å². The van der Waals surface area contributed by atoms with Gasteiger partial charge in [-0.1, -0.05) is 6.07 Å². The van der Waals surface area contributed by atoms with Crippen LogP contribution >= 0.6 is 11.3 Å². The van der Waals surface area contributed by atoms with Gasteiger partial charge in [-0.2, -0.15) is 0 Å². The molecular formula is C12H18N2OS. The summed E-state index contributed by atoms with van der Waals surface area (Å²) in [6.45, 7) is 3.95. The van der Waals surface area contributed by atoms with Crippen molar-refractivity contribution < 1.29 is 4.79 Å². The summed E-state index contributed by atoms with van der Waals surface area (Å²) >= 11 is 1.64. The van der Waals surface area contributed by atoms with Crippen molar-refractivity contribution in [2.75, 3.05) is 13.1 Å². The Balaban J connectivity index is 1.87. The summed E-state index contributed by atoms with van der Waals surface area (Å²) in [5.41, 5.74) is 0. The zero-order valence-corrected chi connectivity index (χ0v) is 10.3. The number of thiophene rings is 1. The number of carbonyl (C=O) groups excluding carboxylic acids is 1. The molecule has 2 unspecified atom stereocenters. The SMILES string of the molecule is CC(C(=O)NC1CCCNC1)c1cccs1. The third kappa shape index (κ3) is 2.83. The van der Waals surface area contributed by atoms with Crippen LogP contribution in [0.15, 0.2) is 17.5 Å². The van der Waals surface area contributed by atoms with E-state index in [-0.39, 0.29) is 11.8 Å². The van der Waals surface area contributed by atoms with E-state index in [2.05, 4.69) is 10.6 Å². The van der Waals surface area contributed by atoms with Gasteiger partial charge >= 0.3 is 0 Å². The Morgan fingerprint density at radius 1 is 1.69 bits per heavy atom. The molecule has 1 amide bonds. The molecule has 16 heavy (non-hydrogen) atoms. The van der Waals surface area contributed by atoms with Crippen molar-refractivity contribution in [1.29, 1.82) is 0 Å². The van der Waals surface area contributed by atoms with Gasteiger partial charge in [-0.25, -0.2) is 0 Å². The summed E-state index contributed by atoms with van der Waals surface area (Å²) in [5, 5.41) is 8.43. The highest BCUT2D eigenvalue weighted by atomic mass is 32.1. The molecular weight excluding hydrogens is 220 g/mol. The second-order valence-electron chi connectivity index (χ2n) is 4.29. The van der Waals surface area contributed by atoms with Crippen molar-refractivity contribution in [3.63, 3.8) is 0 Å². The minimum atomic E-state index is -0.0260. The summed E-state index contributed by atoms with van der Waals surface area (Å²) < 4.78 is 0. The fourth-order valence-corrected chi connectivity index (χ4v) is 2.75. The van der Waals surface area contributed by atoms with Gasteiger partial charge in [-0.05, 0) is 37.8 Å². The van der Waals surface area contributed by atoms with Gasteiger partial charge in [0, 0.05) is 17.5 Å². The normalized spacial score (nSPS) is 22.7. The number of hydrogen-bond donors (Lipinski definition) is 2. The lowest BCUT2D eigenvalue weighted by molar-refractivity contribution is -0.122. The predicted molar refractivity (Wildman–Crippen MR) is 66.8 cm³/mol. The molecule has 0 aromatic carbocycles. The van der Waals surface area contributed by atoms with Crippen LogP contribution in [0, 0.1) is 0 Å². The number of piperidine rings is 1. The molecule has 2 rings (SSSR count). The van der Waals surface area contributed by atoms with Crippen LogP contribution in [-0.2, 0) is 4.79 Å². The topological polar surface area (TPSA) is 41.1 Å². The van der Waals surface area contributed by atoms with Gasteiger partial charge < -0.3 is 10.6 Å². The Hall–Kier alpha value is -0.870. The largest absolute Gasteiger partial charge is 0.352 e. The van der Waals surface area contributed by atoms with Crippen LogP contribution in [0.3, 0.4) is 0 Å². The number of hydrogen-bond acceptors (Lipinski definition) is 3. The second kappa shape index (κ2) is 5.46. The Morgan fingerprint density at radius 3 is 3.19 bits per heavy atom. The fourth-order valence-electron chi connectivity index (χ4n) is 1.97. The lowest BCUT2D eigenvalue weighted by atomic mass is 10.1. The lowest BCUT2D eigenvalue weighted by Gasteiger charge is -2.25. The Kier molecular flexibility index (Phi) is 3.96. The molecule has 1 saturated heterocycles. The van der Waals surface area contributed by atoms with Gasteiger partial charge in [0.05, 0.1) is 5.92 Å². The van der Waals surface area contributed by atoms with Gasteiger partial charge in [0.1, 0.15) is 0 Å². The van der Waals surface area contributed by atoms with Crippen molar-refractivity contribution in [2.24, 2.45) is 0 Å². The molecule has 0 aliphatic carbocycles. The minimum absolute atomic E-state index is 0.0260. The first-order valence-electron chi connectivity index (χ1n) is 5.82. The minimum Gasteiger partial charge on any atom is -0.352 e. The zero-order chi connectivity index (χ0) is 11.4. The van der Waals surface area contributed by atoms with Crippen LogP contribution in [0.25, 0.3) is 0 Å². The Morgan fingerprint density at radius 2 is 2.56 bits per heavy atom. The highest BCUT2D eigenvalue weighted by Gasteiger charge is 2.20. The van der Waals surface area contributed by atoms with E-state index < -0.39 is 0 Å². The van der Waals surface area contributed by atoms with Crippen LogP contribution < -0.4 is 10.6 Å². The Bertz CT molecular complexity index is 331. The van der Waals surface area contributed by atoms with E-state index in [0.29, 0.717) is 6.04 Å². The molecule has 4 heteroatoms. The standard InChI is InChI=1S/C12H18N2OS/c1-9(11-5-3-7-16-11)12(15)14-10-4-2-6-13-8-10/h3,5,7,9-10,13H,2,4,6,8H2,1H3,(H,14,15). The maximum absolute atomic E-state index is 12.0. The summed E-state index contributed by atoms with van der Waals surface area (Å²) in [6.07, 6.45) is 2.24. The fraction of sp³-hybridized carbons (Fsp3) is 0.583. The summed E-state index contributed by atoms with van der Waals surface area (Å²) in [6, 6.07) is 4.32. The van der Waals surface area contributed by atoms with Crippen molar-refractivity contribution in [2.45, 2.75) is 31.7 Å². The molecule has 3 nitrogen and oxygen atoms in total. The number of nitrogens with one attached hydrogen (secondary N) is 2. The van der Waals surface area contributed by atoms with Gasteiger partial charge in [0.2, 0.25) is 5.91 Å². The van der Waals surface area contributed by atoms with E-state index in [4.69, 9.17) is 0 Å². The van der Waals surface area contributed by atoms with Crippen LogP contribution in [0.5, 0.6) is 0 Å². The first kappa shape index (κ1) is 11.6. The first-order valence-corrected chi connectivity index (χ1v) is 6.70. The third-order valence-corrected chi connectivity index (χ3v) is 4.06. The summed E-state index contributed by atoms with van der Waals surface area (Å²) in [5.74, 6) is 0.123. The second-order valence-corrected chi connectivity index (χ2v) is 5.27. The van der Waals surface area contributed by atoms with Crippen LogP contribution in [0.2, 0.25) is 0 Å². The molecule has 2 atom stereocenters. The van der Waals surface area contributed by atoms with Gasteiger partial charge in [0.25, 0.3) is 0 Å². The van der Waals surface area contributed by atoms with E-state index in [9.17, 15) is 4.79 Å². The molecule has 1 fully saturated rings. The maximum Gasteiger partial charge on any atom is 0.228 e. The van der Waals surface area contributed by atoms with Crippen LogP contribution in [0.1, 0.15) is 30.6 Å². The van der Waals surface area contributed by atoms with Crippen LogP contribution in [-0.4, -0.2) is 25.0 Å². The molecule has 1 aromatic heterocycles. The molecule has 1 aliphatic rings. The van der Waals surface area contributed by atoms with E-state index in [0.717, 1.165) is 30.8 Å². The first-order chi connectivity index (χ1) is 7.77. The summed E-state index contributed by atoms with van der Waals surface area (Å²) in [4.78, 5) is 13.1. The molecule has 0 radical (unpaired) electrons. The molecule has 2 heterocycles. The summed E-state index contributed by atoms with van der Waals surface area (Å²) in [7, 11) is 0. The third-order valence-electron chi connectivity index (χ3n) is 3.01. The van der Waals surface area contributed by atoms with Gasteiger partial charge in [-0.3, -0.25) is 4.79 Å². The molecule has 0 spiro atoms. The Labute approximate surface area is 100 Å². The maximum atomic E-state index is 12.0. The van der Waals surface area contributed by atoms with Gasteiger partial charge in [0.15, 0.2) is 0 Å². The van der Waals surface area contributed by atoms with Gasteiger partial charge in [-0.15, -0.1) is 11.3 Å². The quantitative estimate of drug-likeness (QED) is 0.842. The molecule has 88 valence electrons. The van der Waals surface area contributed by atoms with E-state index >= 15 is 0 Å². The number of carbonyl (C=O) groups is 1. The molecule has 0 bridgehead atoms. The van der Waals surface area contributed by atoms with Crippen LogP contribution in [0.4, 0.5) is 0 Å². The molecule has 0 saturated carbocycles. The van der Waals surface area contributed by atoms with E-state index in [1.165, 1.54) is 0 Å². The molecule has 2 N–H and O–H groups in total. The van der Waals surface area contributed by atoms with Crippen molar-refractivity contribution >= 4 is 17.2 Å². The molecule has 1 aliphatic heterocycles. The van der Waals surface area contributed by atoms with Crippen molar-refractivity contribution in [1.82, 2.24) is 10.6 Å². The lowest BCUT2D eigenvalue weighted by Crippen LogP contribution is -2.46. The van der Waals surface area contributed by atoms with E-state index in [1.807, 2.05) is 24.4 Å². The van der Waals surface area contributed by atoms with E-state index in [1.54, 1.807) is 11.3 Å². The highest BCUT2D eigenvalue weighted by molar-refractivity contribution is 7.10. The predicted octanol–water partition coefficient (Wildman–Crippen LogP) is 1.72. The smallest absolute Gasteiger partial charge is 0.228 e. The highest BCUT2D eigenvalue weighted by Crippen LogP contribution is 2.21. The molecule has 1 aromatic rings. The number of rotatable bonds is 3.